The number of aromatic nitrogens is 2. The lowest BCUT2D eigenvalue weighted by molar-refractivity contribution is 0.102. The highest BCUT2D eigenvalue weighted by atomic mass is 16.1. The Morgan fingerprint density at radius 3 is 2.47 bits per heavy atom. The molecule has 0 saturated heterocycles. The second-order valence-electron chi connectivity index (χ2n) is 8.23. The van der Waals surface area contributed by atoms with E-state index in [1.807, 2.05) is 36.4 Å². The molecule has 0 unspecified atom stereocenters. The number of carbonyl (C=O) groups excluding carboxylic acids is 1. The molecule has 1 aromatic heterocycles. The molecule has 2 aliphatic rings. The fourth-order valence-corrected chi connectivity index (χ4v) is 4.39. The predicted molar refractivity (Wildman–Crippen MR) is 118 cm³/mol. The zero-order valence-corrected chi connectivity index (χ0v) is 17.1. The van der Waals surface area contributed by atoms with Crippen LogP contribution in [0.1, 0.15) is 40.7 Å². The Balaban J connectivity index is 1.26. The minimum atomic E-state index is -0.0890. The van der Waals surface area contributed by atoms with Gasteiger partial charge in [0, 0.05) is 42.1 Å². The van der Waals surface area contributed by atoms with Crippen molar-refractivity contribution in [3.05, 3.63) is 77.7 Å². The van der Waals surface area contributed by atoms with Crippen molar-refractivity contribution in [3.8, 4) is 11.3 Å². The molecule has 5 heteroatoms. The van der Waals surface area contributed by atoms with Gasteiger partial charge in [-0.05, 0) is 67.1 Å². The van der Waals surface area contributed by atoms with Gasteiger partial charge in [-0.15, -0.1) is 0 Å². The molecule has 0 spiro atoms. The molecule has 3 aromatic rings. The van der Waals surface area contributed by atoms with E-state index in [9.17, 15) is 4.79 Å². The molecule has 1 amide bonds. The summed E-state index contributed by atoms with van der Waals surface area (Å²) in [5.74, 6) is -0.0890. The highest BCUT2D eigenvalue weighted by Crippen LogP contribution is 2.28. The number of rotatable bonds is 4. The van der Waals surface area contributed by atoms with Crippen molar-refractivity contribution >= 4 is 11.6 Å². The number of fused-ring (bicyclic) bond motifs is 1. The minimum Gasteiger partial charge on any atom is -0.322 e. The first kappa shape index (κ1) is 18.9. The molecule has 2 heterocycles. The summed E-state index contributed by atoms with van der Waals surface area (Å²) in [6.07, 6.45) is 9.49. The maximum Gasteiger partial charge on any atom is 0.255 e. The Morgan fingerprint density at radius 2 is 1.77 bits per heavy atom. The van der Waals surface area contributed by atoms with Crippen molar-refractivity contribution in [2.75, 3.05) is 18.4 Å². The van der Waals surface area contributed by atoms with Crippen LogP contribution in [0.3, 0.4) is 0 Å². The van der Waals surface area contributed by atoms with Gasteiger partial charge in [0.2, 0.25) is 0 Å². The Kier molecular flexibility index (Phi) is 5.28. The number of benzene rings is 2. The highest BCUT2D eigenvalue weighted by Gasteiger charge is 2.26. The largest absolute Gasteiger partial charge is 0.322 e. The average Bonchev–Trinajstić information content (AvgIpc) is 2.96. The summed E-state index contributed by atoms with van der Waals surface area (Å²) in [6.45, 7) is 2.28. The molecule has 0 bridgehead atoms. The summed E-state index contributed by atoms with van der Waals surface area (Å²) in [5.41, 5.74) is 6.11. The number of hydrogen-bond donors (Lipinski definition) is 1. The molecule has 5 nitrogen and oxygen atoms in total. The number of nitrogens with one attached hydrogen (secondary N) is 1. The van der Waals surface area contributed by atoms with E-state index < -0.39 is 0 Å². The van der Waals surface area contributed by atoms with E-state index in [1.54, 1.807) is 6.20 Å². The molecule has 5 rings (SSSR count). The van der Waals surface area contributed by atoms with Crippen LogP contribution in [-0.4, -0.2) is 39.9 Å². The first-order valence-corrected chi connectivity index (χ1v) is 10.8. The topological polar surface area (TPSA) is 58.1 Å². The van der Waals surface area contributed by atoms with Gasteiger partial charge in [-0.3, -0.25) is 9.69 Å². The Labute approximate surface area is 177 Å². The minimum absolute atomic E-state index is 0.0890. The van der Waals surface area contributed by atoms with Gasteiger partial charge in [0.25, 0.3) is 5.91 Å². The van der Waals surface area contributed by atoms with Crippen LogP contribution in [0.5, 0.6) is 0 Å². The number of nitrogens with zero attached hydrogens (tertiary/aromatic N) is 3. The van der Waals surface area contributed by atoms with E-state index in [2.05, 4.69) is 32.3 Å². The van der Waals surface area contributed by atoms with E-state index in [0.29, 0.717) is 5.56 Å². The van der Waals surface area contributed by atoms with E-state index in [4.69, 9.17) is 0 Å². The molecule has 1 fully saturated rings. The molecular weight excluding hydrogens is 372 g/mol. The van der Waals surface area contributed by atoms with Crippen molar-refractivity contribution in [2.24, 2.45) is 0 Å². The number of amides is 1. The summed E-state index contributed by atoms with van der Waals surface area (Å²) < 4.78 is 0. The van der Waals surface area contributed by atoms with Crippen molar-refractivity contribution in [2.45, 2.75) is 38.1 Å². The fraction of sp³-hybridized carbons (Fsp3) is 0.320. The fourth-order valence-electron chi connectivity index (χ4n) is 4.39. The van der Waals surface area contributed by atoms with Crippen LogP contribution >= 0.6 is 0 Å². The monoisotopic (exact) mass is 398 g/mol. The summed E-state index contributed by atoms with van der Waals surface area (Å²) in [7, 11) is 0. The van der Waals surface area contributed by atoms with Crippen molar-refractivity contribution in [1.82, 2.24) is 14.9 Å². The number of carbonyl (C=O) groups is 1. The molecule has 1 N–H and O–H groups in total. The molecular formula is C25H26N4O. The van der Waals surface area contributed by atoms with Crippen LogP contribution in [0.2, 0.25) is 0 Å². The molecule has 1 aliphatic carbocycles. The summed E-state index contributed by atoms with van der Waals surface area (Å²) in [6, 6.07) is 16.6. The van der Waals surface area contributed by atoms with Gasteiger partial charge < -0.3 is 5.32 Å². The van der Waals surface area contributed by atoms with Crippen LogP contribution in [-0.2, 0) is 12.8 Å². The predicted octanol–water partition coefficient (Wildman–Crippen LogP) is 4.35. The smallest absolute Gasteiger partial charge is 0.255 e. The molecule has 0 radical (unpaired) electrons. The van der Waals surface area contributed by atoms with Crippen molar-refractivity contribution in [3.63, 3.8) is 0 Å². The first-order valence-electron chi connectivity index (χ1n) is 10.8. The van der Waals surface area contributed by atoms with Gasteiger partial charge in [0.15, 0.2) is 0 Å². The second kappa shape index (κ2) is 8.36. The Bertz CT molecular complexity index is 1030. The Morgan fingerprint density at radius 1 is 0.967 bits per heavy atom. The van der Waals surface area contributed by atoms with Crippen LogP contribution in [0.15, 0.2) is 61.1 Å². The summed E-state index contributed by atoms with van der Waals surface area (Å²) in [4.78, 5) is 23.6. The molecule has 2 aromatic carbocycles. The van der Waals surface area contributed by atoms with Gasteiger partial charge in [-0.1, -0.05) is 24.6 Å². The Hall–Kier alpha value is -3.05. The van der Waals surface area contributed by atoms with E-state index in [-0.39, 0.29) is 5.91 Å². The second-order valence-corrected chi connectivity index (χ2v) is 8.23. The van der Waals surface area contributed by atoms with Gasteiger partial charge in [-0.2, -0.15) is 0 Å². The lowest BCUT2D eigenvalue weighted by Crippen LogP contribution is -2.41. The molecule has 1 saturated carbocycles. The molecule has 152 valence electrons. The van der Waals surface area contributed by atoms with E-state index in [1.165, 1.54) is 36.7 Å². The highest BCUT2D eigenvalue weighted by molar-refractivity contribution is 6.04. The van der Waals surface area contributed by atoms with Crippen molar-refractivity contribution < 1.29 is 4.79 Å². The third kappa shape index (κ3) is 3.98. The lowest BCUT2D eigenvalue weighted by Gasteiger charge is -2.36. The maximum atomic E-state index is 12.7. The molecule has 1 aliphatic heterocycles. The third-order valence-corrected chi connectivity index (χ3v) is 6.42. The number of hydrogen-bond acceptors (Lipinski definition) is 4. The normalized spacial score (nSPS) is 16.9. The third-order valence-electron chi connectivity index (χ3n) is 6.42. The quantitative estimate of drug-likeness (QED) is 0.710. The molecule has 0 atom stereocenters. The van der Waals surface area contributed by atoms with E-state index >= 15 is 0 Å². The van der Waals surface area contributed by atoms with Crippen molar-refractivity contribution in [1.29, 1.82) is 0 Å². The average molecular weight is 399 g/mol. The van der Waals surface area contributed by atoms with Crippen LogP contribution in [0.4, 0.5) is 5.69 Å². The SMILES string of the molecule is O=C(Nc1ccc2c(c1)CCN(C1CCC1)CC2)c1ccc(-c2ccncn2)cc1. The van der Waals surface area contributed by atoms with Crippen LogP contribution < -0.4 is 5.32 Å². The zero-order valence-electron chi connectivity index (χ0n) is 17.1. The van der Waals surface area contributed by atoms with Crippen LogP contribution in [0, 0.1) is 0 Å². The van der Waals surface area contributed by atoms with Gasteiger partial charge in [0.05, 0.1) is 5.69 Å². The zero-order chi connectivity index (χ0) is 20.3. The maximum absolute atomic E-state index is 12.7. The van der Waals surface area contributed by atoms with Gasteiger partial charge >= 0.3 is 0 Å². The summed E-state index contributed by atoms with van der Waals surface area (Å²) >= 11 is 0. The lowest BCUT2D eigenvalue weighted by atomic mass is 9.91. The first-order chi connectivity index (χ1) is 14.8. The van der Waals surface area contributed by atoms with Gasteiger partial charge in [0.1, 0.15) is 6.33 Å². The number of anilines is 1. The van der Waals surface area contributed by atoms with E-state index in [0.717, 1.165) is 48.9 Å². The van der Waals surface area contributed by atoms with Gasteiger partial charge in [-0.25, -0.2) is 9.97 Å². The summed E-state index contributed by atoms with van der Waals surface area (Å²) in [5, 5.41) is 3.07. The van der Waals surface area contributed by atoms with Crippen LogP contribution in [0.25, 0.3) is 11.3 Å². The molecule has 30 heavy (non-hydrogen) atoms. The standard InChI is InChI=1S/C25H26N4O/c30-25(20-6-4-19(5-7-20)24-10-13-26-17-27-24)28-22-9-8-18-11-14-29(23-2-1-3-23)15-12-21(18)16-22/h4-10,13,16-17,23H,1-3,11-12,14-15H2,(H,28,30).